The smallest absolute Gasteiger partial charge is 0.146 e. The summed E-state index contributed by atoms with van der Waals surface area (Å²) in [5, 5.41) is 0.750. The highest BCUT2D eigenvalue weighted by molar-refractivity contribution is 6.30. The number of carbonyl (C=O) groups is 1. The van der Waals surface area contributed by atoms with Crippen molar-refractivity contribution in [2.45, 2.75) is 25.8 Å². The lowest BCUT2D eigenvalue weighted by molar-refractivity contribution is -0.121. The molecule has 0 saturated heterocycles. The van der Waals surface area contributed by atoms with Gasteiger partial charge in [-0.25, -0.2) is 0 Å². The Bertz CT molecular complexity index is 345. The van der Waals surface area contributed by atoms with Crippen molar-refractivity contribution >= 4 is 17.4 Å². The molecule has 3 heteroatoms. The van der Waals surface area contributed by atoms with Gasteiger partial charge in [0, 0.05) is 5.02 Å². The van der Waals surface area contributed by atoms with Gasteiger partial charge in [-0.1, -0.05) is 23.7 Å². The summed E-state index contributed by atoms with van der Waals surface area (Å²) in [5.41, 5.74) is 1.22. The van der Waals surface area contributed by atoms with E-state index in [1.165, 1.54) is 5.56 Å². The molecule has 16 heavy (non-hydrogen) atoms. The average molecular weight is 240 g/mol. The Morgan fingerprint density at radius 1 is 1.31 bits per heavy atom. The van der Waals surface area contributed by atoms with E-state index in [4.69, 9.17) is 11.6 Å². The first-order chi connectivity index (χ1) is 7.50. The van der Waals surface area contributed by atoms with Crippen LogP contribution in [-0.2, 0) is 11.2 Å². The third kappa shape index (κ3) is 3.95. The van der Waals surface area contributed by atoms with Gasteiger partial charge < -0.3 is 0 Å². The number of Topliss-reactive ketones (excluding diaryl/α,β-unsaturated/α-hetero) is 1. The van der Waals surface area contributed by atoms with E-state index in [0.29, 0.717) is 0 Å². The third-order valence-corrected chi connectivity index (χ3v) is 2.96. The first-order valence-electron chi connectivity index (χ1n) is 5.42. The van der Waals surface area contributed by atoms with Gasteiger partial charge in [0.05, 0.1) is 6.04 Å². The number of carbonyl (C=O) groups excluding carboxylic acids is 1. The quantitative estimate of drug-likeness (QED) is 0.788. The molecule has 0 heterocycles. The van der Waals surface area contributed by atoms with E-state index in [2.05, 4.69) is 0 Å². The van der Waals surface area contributed by atoms with Crippen LogP contribution >= 0.6 is 11.6 Å². The Balaban J connectivity index is 2.55. The van der Waals surface area contributed by atoms with Crippen LogP contribution < -0.4 is 0 Å². The lowest BCUT2D eigenvalue weighted by atomic mass is 10.0. The maximum absolute atomic E-state index is 11.4. The van der Waals surface area contributed by atoms with E-state index in [0.717, 1.165) is 17.9 Å². The molecule has 0 fully saturated rings. The molecule has 0 radical (unpaired) electrons. The summed E-state index contributed by atoms with van der Waals surface area (Å²) in [6, 6.07) is 7.80. The fourth-order valence-electron chi connectivity index (χ4n) is 1.78. The van der Waals surface area contributed by atoms with Crippen molar-refractivity contribution < 1.29 is 4.79 Å². The molecule has 0 aliphatic carbocycles. The summed E-state index contributed by atoms with van der Waals surface area (Å²) in [4.78, 5) is 13.4. The third-order valence-electron chi connectivity index (χ3n) is 2.71. The minimum atomic E-state index is 0.00989. The summed E-state index contributed by atoms with van der Waals surface area (Å²) in [5.74, 6) is 0.221. The van der Waals surface area contributed by atoms with Crippen LogP contribution in [0.25, 0.3) is 0 Å². The maximum Gasteiger partial charge on any atom is 0.146 e. The highest BCUT2D eigenvalue weighted by Gasteiger charge is 2.15. The maximum atomic E-state index is 11.4. The van der Waals surface area contributed by atoms with Crippen LogP contribution in [0.4, 0.5) is 0 Å². The van der Waals surface area contributed by atoms with Crippen molar-refractivity contribution in [1.82, 2.24) is 4.90 Å². The van der Waals surface area contributed by atoms with Crippen LogP contribution in [0.1, 0.15) is 18.9 Å². The molecule has 1 rings (SSSR count). The van der Waals surface area contributed by atoms with Crippen molar-refractivity contribution in [3.8, 4) is 0 Å². The van der Waals surface area contributed by atoms with Crippen LogP contribution in [0.15, 0.2) is 24.3 Å². The Morgan fingerprint density at radius 3 is 2.31 bits per heavy atom. The molecule has 0 aliphatic heterocycles. The second-order valence-electron chi connectivity index (χ2n) is 4.26. The molecule has 1 aromatic rings. The normalized spacial score (nSPS) is 12.8. The summed E-state index contributed by atoms with van der Waals surface area (Å²) in [6.45, 7) is 1.65. The highest BCUT2D eigenvalue weighted by atomic mass is 35.5. The number of ketones is 1. The van der Waals surface area contributed by atoms with Gasteiger partial charge in [-0.15, -0.1) is 0 Å². The first kappa shape index (κ1) is 13.2. The number of rotatable bonds is 5. The van der Waals surface area contributed by atoms with Gasteiger partial charge in [0.2, 0.25) is 0 Å². The van der Waals surface area contributed by atoms with Gasteiger partial charge in [0.1, 0.15) is 5.78 Å². The molecule has 1 atom stereocenters. The van der Waals surface area contributed by atoms with Gasteiger partial charge in [0.15, 0.2) is 0 Å². The lowest BCUT2D eigenvalue weighted by Crippen LogP contribution is -2.34. The van der Waals surface area contributed by atoms with Gasteiger partial charge >= 0.3 is 0 Å². The van der Waals surface area contributed by atoms with Crippen molar-refractivity contribution in [3.05, 3.63) is 34.9 Å². The second kappa shape index (κ2) is 6.02. The number of halogens is 1. The SMILES string of the molecule is CC(=O)[C@H](CCc1ccc(Cl)cc1)N(C)C. The summed E-state index contributed by atoms with van der Waals surface area (Å²) >= 11 is 5.81. The van der Waals surface area contributed by atoms with Crippen LogP contribution in [0, 0.1) is 0 Å². The molecule has 0 bridgehead atoms. The monoisotopic (exact) mass is 239 g/mol. The van der Waals surface area contributed by atoms with Crippen LogP contribution in [0.5, 0.6) is 0 Å². The number of hydrogen-bond acceptors (Lipinski definition) is 2. The molecule has 2 nitrogen and oxygen atoms in total. The predicted octanol–water partition coefficient (Wildman–Crippen LogP) is 2.79. The number of aryl methyl sites for hydroxylation is 1. The lowest BCUT2D eigenvalue weighted by Gasteiger charge is -2.21. The topological polar surface area (TPSA) is 20.3 Å². The molecular formula is C13H18ClNO. The molecule has 0 spiro atoms. The number of hydrogen-bond donors (Lipinski definition) is 0. The largest absolute Gasteiger partial charge is 0.300 e. The Labute approximate surface area is 102 Å². The van der Waals surface area contributed by atoms with Crippen LogP contribution in [0.2, 0.25) is 5.02 Å². The van der Waals surface area contributed by atoms with E-state index in [9.17, 15) is 4.79 Å². The summed E-state index contributed by atoms with van der Waals surface area (Å²) < 4.78 is 0. The zero-order valence-electron chi connectivity index (χ0n) is 10.0. The number of likely N-dealkylation sites (N-methyl/N-ethyl adjacent to an activating group) is 1. The Kier molecular flexibility index (Phi) is 4.97. The minimum Gasteiger partial charge on any atom is -0.300 e. The second-order valence-corrected chi connectivity index (χ2v) is 4.69. The molecule has 88 valence electrons. The van der Waals surface area contributed by atoms with Crippen molar-refractivity contribution in [2.75, 3.05) is 14.1 Å². The minimum absolute atomic E-state index is 0.00989. The zero-order valence-corrected chi connectivity index (χ0v) is 10.8. The fraction of sp³-hybridized carbons (Fsp3) is 0.462. The van der Waals surface area contributed by atoms with Crippen molar-refractivity contribution in [1.29, 1.82) is 0 Å². The van der Waals surface area contributed by atoms with E-state index >= 15 is 0 Å². The average Bonchev–Trinajstić information content (AvgIpc) is 2.20. The van der Waals surface area contributed by atoms with Gasteiger partial charge in [0.25, 0.3) is 0 Å². The predicted molar refractivity (Wildman–Crippen MR) is 67.9 cm³/mol. The molecule has 0 aliphatic rings. The summed E-state index contributed by atoms with van der Waals surface area (Å²) in [7, 11) is 3.88. The molecule has 0 saturated carbocycles. The molecule has 0 amide bonds. The molecule has 0 N–H and O–H groups in total. The van der Waals surface area contributed by atoms with Crippen LogP contribution in [-0.4, -0.2) is 30.8 Å². The Morgan fingerprint density at radius 2 is 1.88 bits per heavy atom. The number of benzene rings is 1. The molecule has 1 aromatic carbocycles. The van der Waals surface area contributed by atoms with Gasteiger partial charge in [-0.2, -0.15) is 0 Å². The first-order valence-corrected chi connectivity index (χ1v) is 5.80. The highest BCUT2D eigenvalue weighted by Crippen LogP contribution is 2.13. The van der Waals surface area contributed by atoms with Crippen molar-refractivity contribution in [3.63, 3.8) is 0 Å². The Hall–Kier alpha value is -0.860. The molecular weight excluding hydrogens is 222 g/mol. The molecule has 0 unspecified atom stereocenters. The zero-order chi connectivity index (χ0) is 12.1. The summed E-state index contributed by atoms with van der Waals surface area (Å²) in [6.07, 6.45) is 1.75. The van der Waals surface area contributed by atoms with Crippen molar-refractivity contribution in [2.24, 2.45) is 0 Å². The van der Waals surface area contributed by atoms with E-state index < -0.39 is 0 Å². The fourth-order valence-corrected chi connectivity index (χ4v) is 1.91. The van der Waals surface area contributed by atoms with Crippen LogP contribution in [0.3, 0.4) is 0 Å². The van der Waals surface area contributed by atoms with E-state index in [1.54, 1.807) is 6.92 Å². The van der Waals surface area contributed by atoms with Gasteiger partial charge in [-0.3, -0.25) is 9.69 Å². The number of nitrogens with zero attached hydrogens (tertiary/aromatic N) is 1. The van der Waals surface area contributed by atoms with E-state index in [1.807, 2.05) is 43.3 Å². The standard InChI is InChI=1S/C13H18ClNO/c1-10(16)13(15(2)3)9-6-11-4-7-12(14)8-5-11/h4-5,7-8,13H,6,9H2,1-3H3/t13-/m0/s1. The van der Waals surface area contributed by atoms with E-state index in [-0.39, 0.29) is 11.8 Å². The molecule has 0 aromatic heterocycles. The van der Waals surface area contributed by atoms with Gasteiger partial charge in [-0.05, 0) is 51.6 Å².